The Morgan fingerprint density at radius 1 is 1.17 bits per heavy atom. The second-order valence-corrected chi connectivity index (χ2v) is 14.3. The molecular weight excluding hydrogens is 463 g/mol. The maximum atomic E-state index is 15.5. The third-order valence-corrected chi connectivity index (χ3v) is 10.4. The summed E-state index contributed by atoms with van der Waals surface area (Å²) in [7, 11) is -3.20. The zero-order valence-corrected chi connectivity index (χ0v) is 21.5. The number of halogens is 1. The number of nitrogens with zero attached hydrogens (tertiary/aromatic N) is 2. The maximum Gasteiger partial charge on any atom is 0.264 e. The van der Waals surface area contributed by atoms with Crippen molar-refractivity contribution in [3.05, 3.63) is 59.7 Å². The zero-order valence-electron chi connectivity index (χ0n) is 20.5. The number of amides is 2. The molecule has 0 bridgehead atoms. The minimum Gasteiger partial charge on any atom is -0.396 e. The van der Waals surface area contributed by atoms with Crippen LogP contribution >= 0.6 is 0 Å². The number of fused-ring (bicyclic) bond motifs is 2. The van der Waals surface area contributed by atoms with Crippen molar-refractivity contribution >= 4 is 31.6 Å². The number of aliphatic hydroxyl groups excluding tert-OH is 1. The average molecular weight is 497 g/mol. The fraction of sp³-hybridized carbons (Fsp3) is 0.481. The summed E-state index contributed by atoms with van der Waals surface area (Å²) in [6, 6.07) is 15.4. The highest BCUT2D eigenvalue weighted by Gasteiger charge is 2.66. The van der Waals surface area contributed by atoms with Crippen LogP contribution in [0.2, 0.25) is 18.6 Å². The molecule has 3 heterocycles. The van der Waals surface area contributed by atoms with E-state index in [0.29, 0.717) is 25.9 Å². The first-order valence-electron chi connectivity index (χ1n) is 12.5. The summed E-state index contributed by atoms with van der Waals surface area (Å²) in [4.78, 5) is 30.0. The summed E-state index contributed by atoms with van der Waals surface area (Å²) in [6.07, 6.45) is 1.20. The lowest BCUT2D eigenvalue weighted by Crippen LogP contribution is -2.45. The Balaban J connectivity index is 1.52. The van der Waals surface area contributed by atoms with Gasteiger partial charge in [0, 0.05) is 42.3 Å². The highest BCUT2D eigenvalue weighted by molar-refractivity contribution is 6.72. The molecule has 0 saturated carbocycles. The Morgan fingerprint density at radius 2 is 1.94 bits per heavy atom. The van der Waals surface area contributed by atoms with E-state index in [2.05, 4.69) is 0 Å². The normalized spacial score (nSPS) is 28.4. The summed E-state index contributed by atoms with van der Waals surface area (Å²) < 4.78 is 22.1. The summed E-state index contributed by atoms with van der Waals surface area (Å²) in [5, 5.41) is 9.66. The van der Waals surface area contributed by atoms with Gasteiger partial charge in [0.2, 0.25) is 14.3 Å². The number of anilines is 2. The van der Waals surface area contributed by atoms with Crippen molar-refractivity contribution in [3.8, 4) is 0 Å². The van der Waals surface area contributed by atoms with Gasteiger partial charge in [-0.15, -0.1) is 0 Å². The van der Waals surface area contributed by atoms with Crippen molar-refractivity contribution in [2.75, 3.05) is 23.0 Å². The number of benzene rings is 2. The summed E-state index contributed by atoms with van der Waals surface area (Å²) in [5.41, 5.74) is 1.63. The monoisotopic (exact) mass is 496 g/mol. The lowest BCUT2D eigenvalue weighted by atomic mass is 9.82. The number of aliphatic hydroxyl groups is 1. The molecule has 5 rings (SSSR count). The molecule has 2 amide bonds. The molecular formula is C27H33FN2O4Si. The molecule has 3 aliphatic rings. The molecule has 8 heteroatoms. The van der Waals surface area contributed by atoms with Crippen LogP contribution in [0.4, 0.5) is 15.5 Å². The van der Waals surface area contributed by atoms with Crippen LogP contribution in [-0.4, -0.2) is 44.6 Å². The Labute approximate surface area is 206 Å². The van der Waals surface area contributed by atoms with Crippen molar-refractivity contribution < 1.29 is 23.5 Å². The minimum absolute atomic E-state index is 0.115. The molecule has 35 heavy (non-hydrogen) atoms. The number of hydrogen-bond donors (Lipinski definition) is 1. The highest BCUT2D eigenvalue weighted by Crippen LogP contribution is 2.60. The fourth-order valence-corrected chi connectivity index (χ4v) is 9.02. The zero-order chi connectivity index (χ0) is 25.0. The van der Waals surface area contributed by atoms with Crippen LogP contribution in [0.5, 0.6) is 0 Å². The van der Waals surface area contributed by atoms with Gasteiger partial charge in [0.1, 0.15) is 0 Å². The topological polar surface area (TPSA) is 70.1 Å². The second kappa shape index (κ2) is 8.83. The number of carbonyl (C=O) groups is 2. The lowest BCUT2D eigenvalue weighted by Gasteiger charge is -2.31. The summed E-state index contributed by atoms with van der Waals surface area (Å²) in [6.45, 7) is 6.17. The third kappa shape index (κ3) is 3.82. The predicted molar refractivity (Wildman–Crippen MR) is 135 cm³/mol. The minimum atomic E-state index is -3.20. The van der Waals surface area contributed by atoms with Crippen LogP contribution in [0.3, 0.4) is 0 Å². The Hall–Kier alpha value is -2.55. The summed E-state index contributed by atoms with van der Waals surface area (Å²) in [5.74, 6) is -0.425. The van der Waals surface area contributed by atoms with Crippen LogP contribution in [0.15, 0.2) is 48.5 Å². The van der Waals surface area contributed by atoms with Gasteiger partial charge >= 0.3 is 0 Å². The number of rotatable bonds is 6. The van der Waals surface area contributed by atoms with Gasteiger partial charge in [-0.05, 0) is 49.7 Å². The Bertz CT molecular complexity index is 1150. The van der Waals surface area contributed by atoms with Crippen LogP contribution in [-0.2, 0) is 26.5 Å². The number of carbonyl (C=O) groups excluding carboxylic acids is 2. The van der Waals surface area contributed by atoms with E-state index in [0.717, 1.165) is 28.9 Å². The van der Waals surface area contributed by atoms with Gasteiger partial charge < -0.3 is 23.8 Å². The Kier molecular flexibility index (Phi) is 6.10. The standard InChI is InChI=1S/C27H33FN2O4Si/c1-18-25(35(2,3)28)23(13-15-31)34-27(18)21-10-4-5-11-22(21)30(26(27)33)17-19-8-6-9-20(16-19)29-14-7-12-24(29)32/h4-6,8-11,16,18,23,25,31H,7,12-15,17H2,1-3H3/t18-,23+,25-,27+/m1/s1. The smallest absolute Gasteiger partial charge is 0.264 e. The quantitative estimate of drug-likeness (QED) is 0.472. The molecule has 2 fully saturated rings. The molecule has 2 aromatic rings. The molecule has 186 valence electrons. The van der Waals surface area contributed by atoms with E-state index in [4.69, 9.17) is 4.74 Å². The fourth-order valence-electron chi connectivity index (χ4n) is 6.48. The number of hydrogen-bond acceptors (Lipinski definition) is 4. The van der Waals surface area contributed by atoms with E-state index in [1.807, 2.05) is 55.5 Å². The van der Waals surface area contributed by atoms with Gasteiger partial charge in [0.05, 0.1) is 18.3 Å². The lowest BCUT2D eigenvalue weighted by molar-refractivity contribution is -0.146. The average Bonchev–Trinajstić information content (AvgIpc) is 3.44. The van der Waals surface area contributed by atoms with Crippen LogP contribution < -0.4 is 9.80 Å². The van der Waals surface area contributed by atoms with Crippen molar-refractivity contribution in [2.24, 2.45) is 5.92 Å². The molecule has 2 saturated heterocycles. The summed E-state index contributed by atoms with van der Waals surface area (Å²) >= 11 is 0. The number of para-hydroxylation sites is 1. The molecule has 3 aliphatic heterocycles. The molecule has 0 unspecified atom stereocenters. The maximum absolute atomic E-state index is 15.5. The van der Waals surface area contributed by atoms with Crippen LogP contribution in [0, 0.1) is 5.92 Å². The molecule has 0 aliphatic carbocycles. The Morgan fingerprint density at radius 3 is 2.63 bits per heavy atom. The molecule has 1 N–H and O–H groups in total. The van der Waals surface area contributed by atoms with Gasteiger partial charge in [-0.1, -0.05) is 37.3 Å². The van der Waals surface area contributed by atoms with E-state index in [1.165, 1.54) is 0 Å². The molecule has 1 spiro atoms. The van der Waals surface area contributed by atoms with Gasteiger partial charge in [0.15, 0.2) is 5.60 Å². The molecule has 0 aromatic heterocycles. The van der Waals surface area contributed by atoms with Gasteiger partial charge in [-0.3, -0.25) is 9.59 Å². The van der Waals surface area contributed by atoms with Crippen molar-refractivity contribution in [3.63, 3.8) is 0 Å². The van der Waals surface area contributed by atoms with E-state index in [-0.39, 0.29) is 24.3 Å². The van der Waals surface area contributed by atoms with Crippen molar-refractivity contribution in [1.82, 2.24) is 0 Å². The largest absolute Gasteiger partial charge is 0.396 e. The molecule has 4 atom stereocenters. The first kappa shape index (κ1) is 24.2. The SMILES string of the molecule is C[C@@H]1[C@@H]([Si](C)(C)F)[C@H](CCO)O[C@@]12C(=O)N(Cc1cccc(N3CCCC3=O)c1)c1ccccc12. The van der Waals surface area contributed by atoms with Crippen LogP contribution in [0.25, 0.3) is 0 Å². The van der Waals surface area contributed by atoms with E-state index in [9.17, 15) is 14.7 Å². The van der Waals surface area contributed by atoms with E-state index in [1.54, 1.807) is 22.9 Å². The first-order chi connectivity index (χ1) is 16.7. The molecule has 0 radical (unpaired) electrons. The predicted octanol–water partition coefficient (Wildman–Crippen LogP) is 4.52. The highest BCUT2D eigenvalue weighted by atomic mass is 28.4. The van der Waals surface area contributed by atoms with Crippen molar-refractivity contribution in [2.45, 2.75) is 63.1 Å². The first-order valence-corrected chi connectivity index (χ1v) is 15.4. The molecule has 6 nitrogen and oxygen atoms in total. The van der Waals surface area contributed by atoms with E-state index < -0.39 is 25.7 Å². The van der Waals surface area contributed by atoms with Gasteiger partial charge in [-0.2, -0.15) is 0 Å². The third-order valence-electron chi connectivity index (χ3n) is 7.92. The van der Waals surface area contributed by atoms with Gasteiger partial charge in [0.25, 0.3) is 5.91 Å². The van der Waals surface area contributed by atoms with E-state index >= 15 is 4.11 Å². The second-order valence-electron chi connectivity index (χ2n) is 10.5. The van der Waals surface area contributed by atoms with Crippen molar-refractivity contribution in [1.29, 1.82) is 0 Å². The molecule has 2 aromatic carbocycles. The van der Waals surface area contributed by atoms with Crippen LogP contribution in [0.1, 0.15) is 37.3 Å². The van der Waals surface area contributed by atoms with Gasteiger partial charge in [-0.25, -0.2) is 0 Å². The number of ether oxygens (including phenoxy) is 1.